The summed E-state index contributed by atoms with van der Waals surface area (Å²) in [6, 6.07) is 10.1. The lowest BCUT2D eigenvalue weighted by Crippen LogP contribution is -2.59. The Kier molecular flexibility index (Phi) is 6.94. The Hall–Kier alpha value is -2.75. The van der Waals surface area contributed by atoms with E-state index in [-0.39, 0.29) is 37.2 Å². The number of nitrogens with one attached hydrogen (secondary N) is 1. The molecule has 2 aromatic rings. The van der Waals surface area contributed by atoms with Crippen LogP contribution in [0.25, 0.3) is 0 Å². The van der Waals surface area contributed by atoms with Crippen LogP contribution in [0.2, 0.25) is 5.02 Å². The Bertz CT molecular complexity index is 984. The van der Waals surface area contributed by atoms with Crippen LogP contribution in [-0.4, -0.2) is 89.2 Å². The van der Waals surface area contributed by atoms with Gasteiger partial charge < -0.3 is 15.0 Å². The first-order chi connectivity index (χ1) is 16.6. The van der Waals surface area contributed by atoms with Gasteiger partial charge in [-0.15, -0.1) is 0 Å². The van der Waals surface area contributed by atoms with Crippen LogP contribution in [-0.2, 0) is 16.0 Å². The maximum Gasteiger partial charge on any atom is 0.324 e. The number of carbonyl (C=O) groups is 2. The molecule has 3 amide bonds. The largest absolute Gasteiger partial charge is 0.373 e. The van der Waals surface area contributed by atoms with Crippen molar-refractivity contribution >= 4 is 29.5 Å². The molecule has 1 N–H and O–H groups in total. The molecular formula is C24H29ClN6O3. The Morgan fingerprint density at radius 1 is 1.09 bits per heavy atom. The van der Waals surface area contributed by atoms with E-state index in [4.69, 9.17) is 16.3 Å². The Labute approximate surface area is 204 Å². The molecule has 9 nitrogen and oxygen atoms in total. The van der Waals surface area contributed by atoms with Crippen LogP contribution in [0.5, 0.6) is 0 Å². The van der Waals surface area contributed by atoms with Gasteiger partial charge in [-0.3, -0.25) is 14.6 Å². The van der Waals surface area contributed by atoms with Gasteiger partial charge in [0.25, 0.3) is 0 Å². The summed E-state index contributed by atoms with van der Waals surface area (Å²) in [6.45, 7) is 3.36. The van der Waals surface area contributed by atoms with Crippen molar-refractivity contribution in [3.05, 3.63) is 53.3 Å². The standard InChI is InChI=1S/C24H29ClN6O3/c25-18-4-2-17(3-5-18)12-20-16-34-21(15-31-22(32)13-28-24(31)33)14-30(20)19-6-10-29(11-7-19)23-26-8-1-9-27-23/h1-5,8-9,19-21H,6-7,10-16H2,(H,28,33)/t20-,21+/m0/s1. The number of rotatable bonds is 6. The Morgan fingerprint density at radius 2 is 1.82 bits per heavy atom. The zero-order valence-corrected chi connectivity index (χ0v) is 19.7. The maximum absolute atomic E-state index is 12.1. The van der Waals surface area contributed by atoms with Crippen molar-refractivity contribution in [3.8, 4) is 0 Å². The maximum atomic E-state index is 12.1. The fourth-order valence-electron chi connectivity index (χ4n) is 5.10. The summed E-state index contributed by atoms with van der Waals surface area (Å²) in [5.74, 6) is 0.580. The molecule has 0 spiro atoms. The number of halogens is 1. The van der Waals surface area contributed by atoms with Gasteiger partial charge in [0.05, 0.1) is 25.8 Å². The molecule has 34 heavy (non-hydrogen) atoms. The molecule has 4 heterocycles. The van der Waals surface area contributed by atoms with Gasteiger partial charge >= 0.3 is 6.03 Å². The molecule has 5 rings (SSSR count). The minimum atomic E-state index is -0.334. The smallest absolute Gasteiger partial charge is 0.324 e. The molecule has 0 aliphatic carbocycles. The summed E-state index contributed by atoms with van der Waals surface area (Å²) in [6.07, 6.45) is 6.19. The van der Waals surface area contributed by atoms with E-state index in [1.807, 2.05) is 18.2 Å². The fraction of sp³-hybridized carbons (Fsp3) is 0.500. The minimum Gasteiger partial charge on any atom is -0.373 e. The molecule has 0 unspecified atom stereocenters. The van der Waals surface area contributed by atoms with Gasteiger partial charge in [-0.1, -0.05) is 23.7 Å². The van der Waals surface area contributed by atoms with E-state index in [0.29, 0.717) is 19.2 Å². The van der Waals surface area contributed by atoms with Crippen LogP contribution in [0.15, 0.2) is 42.7 Å². The highest BCUT2D eigenvalue weighted by atomic mass is 35.5. The van der Waals surface area contributed by atoms with Crippen LogP contribution in [0.4, 0.5) is 10.7 Å². The average molecular weight is 485 g/mol. The first kappa shape index (κ1) is 23.0. The molecule has 0 radical (unpaired) electrons. The molecule has 3 saturated heterocycles. The molecule has 180 valence electrons. The van der Waals surface area contributed by atoms with Gasteiger partial charge in [0, 0.05) is 49.1 Å². The lowest BCUT2D eigenvalue weighted by Gasteiger charge is -2.47. The first-order valence-electron chi connectivity index (χ1n) is 11.8. The monoisotopic (exact) mass is 484 g/mol. The summed E-state index contributed by atoms with van der Waals surface area (Å²) in [4.78, 5) is 39.0. The van der Waals surface area contributed by atoms with Gasteiger partial charge in [-0.05, 0) is 43.0 Å². The topological polar surface area (TPSA) is 90.9 Å². The predicted molar refractivity (Wildman–Crippen MR) is 128 cm³/mol. The van der Waals surface area contributed by atoms with E-state index in [1.54, 1.807) is 12.4 Å². The number of aromatic nitrogens is 2. The number of ether oxygens (including phenoxy) is 1. The summed E-state index contributed by atoms with van der Waals surface area (Å²) >= 11 is 6.08. The molecule has 3 aliphatic rings. The highest BCUT2D eigenvalue weighted by molar-refractivity contribution is 6.30. The van der Waals surface area contributed by atoms with E-state index in [2.05, 4.69) is 37.2 Å². The van der Waals surface area contributed by atoms with E-state index < -0.39 is 0 Å². The van der Waals surface area contributed by atoms with E-state index in [0.717, 1.165) is 43.3 Å². The van der Waals surface area contributed by atoms with Crippen molar-refractivity contribution in [2.45, 2.75) is 37.5 Å². The Morgan fingerprint density at radius 3 is 2.50 bits per heavy atom. The third-order valence-electron chi connectivity index (χ3n) is 6.88. The van der Waals surface area contributed by atoms with Gasteiger partial charge in [0.1, 0.15) is 0 Å². The van der Waals surface area contributed by atoms with Crippen molar-refractivity contribution < 1.29 is 14.3 Å². The third kappa shape index (κ3) is 5.16. The molecule has 3 aliphatic heterocycles. The number of hydrogen-bond acceptors (Lipinski definition) is 7. The second-order valence-electron chi connectivity index (χ2n) is 9.07. The summed E-state index contributed by atoms with van der Waals surface area (Å²) < 4.78 is 6.18. The number of nitrogens with zero attached hydrogens (tertiary/aromatic N) is 5. The van der Waals surface area contributed by atoms with Crippen LogP contribution in [0.1, 0.15) is 18.4 Å². The molecule has 3 fully saturated rings. The van der Waals surface area contributed by atoms with Gasteiger partial charge in [0.15, 0.2) is 0 Å². The molecule has 1 aromatic heterocycles. The number of anilines is 1. The van der Waals surface area contributed by atoms with Crippen LogP contribution >= 0.6 is 11.6 Å². The molecule has 0 saturated carbocycles. The third-order valence-corrected chi connectivity index (χ3v) is 7.14. The molecule has 10 heteroatoms. The summed E-state index contributed by atoms with van der Waals surface area (Å²) in [5, 5.41) is 3.32. The number of carbonyl (C=O) groups excluding carboxylic acids is 2. The quantitative estimate of drug-likeness (QED) is 0.627. The number of benzene rings is 1. The second kappa shape index (κ2) is 10.2. The van der Waals surface area contributed by atoms with Gasteiger partial charge in [-0.2, -0.15) is 0 Å². The first-order valence-corrected chi connectivity index (χ1v) is 12.2. The number of piperidine rings is 1. The number of imide groups is 1. The van der Waals surface area contributed by atoms with Crippen LogP contribution < -0.4 is 10.2 Å². The van der Waals surface area contributed by atoms with Crippen LogP contribution in [0.3, 0.4) is 0 Å². The van der Waals surface area contributed by atoms with Crippen molar-refractivity contribution in [2.24, 2.45) is 0 Å². The molecule has 2 atom stereocenters. The number of morpholine rings is 1. The number of hydrogen-bond donors (Lipinski definition) is 1. The normalized spacial score (nSPS) is 24.5. The molecule has 0 bridgehead atoms. The predicted octanol–water partition coefficient (Wildman–Crippen LogP) is 1.96. The van der Waals surface area contributed by atoms with E-state index in [1.165, 1.54) is 10.5 Å². The van der Waals surface area contributed by atoms with Crippen molar-refractivity contribution in [2.75, 3.05) is 44.2 Å². The lowest BCUT2D eigenvalue weighted by atomic mass is 9.96. The van der Waals surface area contributed by atoms with Crippen molar-refractivity contribution in [1.29, 1.82) is 0 Å². The zero-order chi connectivity index (χ0) is 23.5. The average Bonchev–Trinajstić information content (AvgIpc) is 3.19. The highest BCUT2D eigenvalue weighted by Gasteiger charge is 2.38. The number of amides is 3. The van der Waals surface area contributed by atoms with Crippen molar-refractivity contribution in [3.63, 3.8) is 0 Å². The second-order valence-corrected chi connectivity index (χ2v) is 9.50. The lowest BCUT2D eigenvalue weighted by molar-refractivity contribution is -0.129. The van der Waals surface area contributed by atoms with E-state index in [9.17, 15) is 9.59 Å². The fourth-order valence-corrected chi connectivity index (χ4v) is 5.23. The molecular weight excluding hydrogens is 456 g/mol. The van der Waals surface area contributed by atoms with Crippen LogP contribution in [0, 0.1) is 0 Å². The summed E-state index contributed by atoms with van der Waals surface area (Å²) in [5.41, 5.74) is 1.21. The SMILES string of the molecule is O=C1CNC(=O)N1C[C@H]1CN(C2CCN(c3ncccn3)CC2)[C@@H](Cc2ccc(Cl)cc2)CO1. The van der Waals surface area contributed by atoms with Gasteiger partial charge in [-0.25, -0.2) is 14.8 Å². The summed E-state index contributed by atoms with van der Waals surface area (Å²) in [7, 11) is 0. The number of urea groups is 1. The van der Waals surface area contributed by atoms with Gasteiger partial charge in [0.2, 0.25) is 11.9 Å². The zero-order valence-electron chi connectivity index (χ0n) is 19.0. The molecule has 1 aromatic carbocycles. The highest BCUT2D eigenvalue weighted by Crippen LogP contribution is 2.27. The Balaban J connectivity index is 1.28. The minimum absolute atomic E-state index is 0.0640. The van der Waals surface area contributed by atoms with E-state index >= 15 is 0 Å². The van der Waals surface area contributed by atoms with Crippen molar-refractivity contribution in [1.82, 2.24) is 25.1 Å².